The third-order valence-corrected chi connectivity index (χ3v) is 6.12. The number of thioether (sulfide) groups is 1. The third-order valence-electron chi connectivity index (χ3n) is 4.51. The summed E-state index contributed by atoms with van der Waals surface area (Å²) in [5, 5.41) is 0.206. The number of hydrogen-bond donors (Lipinski definition) is 0. The van der Waals surface area contributed by atoms with Crippen molar-refractivity contribution in [1.82, 2.24) is 4.90 Å². The maximum Gasteiger partial charge on any atom is 0.333 e. The molecule has 28 heavy (non-hydrogen) atoms. The number of carbonyl (C=O) groups excluding carboxylic acids is 3. The molecule has 3 rings (SSSR count). The second-order valence-electron chi connectivity index (χ2n) is 7.85. The number of β-lactam (4-membered cyclic amide) rings is 1. The Kier molecular flexibility index (Phi) is 5.51. The lowest BCUT2D eigenvalue weighted by molar-refractivity contribution is -0.169. The second kappa shape index (κ2) is 7.44. The first kappa shape index (κ1) is 20.7. The number of nitrogens with zero attached hydrogens (tertiary/aromatic N) is 2. The summed E-state index contributed by atoms with van der Waals surface area (Å²) in [7, 11) is 0. The van der Waals surface area contributed by atoms with Crippen molar-refractivity contribution in [1.29, 1.82) is 0 Å². The molecule has 0 spiro atoms. The fraction of sp³-hybridized carbons (Fsp3) is 0.450. The third kappa shape index (κ3) is 3.78. The average Bonchev–Trinajstić information content (AvgIpc) is 2.58. The van der Waals surface area contributed by atoms with Gasteiger partial charge in [0.2, 0.25) is 5.91 Å². The van der Waals surface area contributed by atoms with E-state index in [4.69, 9.17) is 16.3 Å². The molecular weight excluding hydrogens is 400 g/mol. The van der Waals surface area contributed by atoms with Gasteiger partial charge in [-0.05, 0) is 50.6 Å². The molecule has 3 atom stereocenters. The minimum atomic E-state index is -0.826. The fourth-order valence-corrected chi connectivity index (χ4v) is 4.87. The highest BCUT2D eigenvalue weighted by Gasteiger charge is 2.59. The van der Waals surface area contributed by atoms with Gasteiger partial charge < -0.3 is 9.64 Å². The number of anilines is 1. The van der Waals surface area contributed by atoms with E-state index in [9.17, 15) is 14.4 Å². The second-order valence-corrected chi connectivity index (χ2v) is 9.39. The smallest absolute Gasteiger partial charge is 0.333 e. The summed E-state index contributed by atoms with van der Waals surface area (Å²) in [6, 6.07) is 5.25. The summed E-state index contributed by atoms with van der Waals surface area (Å²) >= 11 is 7.44. The summed E-state index contributed by atoms with van der Waals surface area (Å²) in [4.78, 5) is 41.1. The van der Waals surface area contributed by atoms with Gasteiger partial charge in [-0.1, -0.05) is 18.2 Å². The number of rotatable bonds is 3. The number of ether oxygens (including phenoxy) is 1. The zero-order valence-electron chi connectivity index (χ0n) is 16.3. The van der Waals surface area contributed by atoms with Crippen LogP contribution < -0.4 is 4.90 Å². The monoisotopic (exact) mass is 422 g/mol. The van der Waals surface area contributed by atoms with Crippen LogP contribution in [0.3, 0.4) is 0 Å². The molecule has 2 aliphatic heterocycles. The zero-order valence-corrected chi connectivity index (χ0v) is 17.8. The molecule has 0 aromatic heterocycles. The molecule has 0 radical (unpaired) electrons. The van der Waals surface area contributed by atoms with Crippen molar-refractivity contribution in [2.75, 3.05) is 10.7 Å². The number of carbonyl (C=O) groups is 3. The molecule has 2 amide bonds. The van der Waals surface area contributed by atoms with E-state index in [-0.39, 0.29) is 17.2 Å². The predicted octanol–water partition coefficient (Wildman–Crippen LogP) is 3.24. The summed E-state index contributed by atoms with van der Waals surface area (Å²) < 4.78 is 5.49. The van der Waals surface area contributed by atoms with Crippen molar-refractivity contribution < 1.29 is 19.1 Å². The van der Waals surface area contributed by atoms with Crippen LogP contribution in [0.15, 0.2) is 36.4 Å². The first-order valence-electron chi connectivity index (χ1n) is 8.91. The summed E-state index contributed by atoms with van der Waals surface area (Å²) in [5.74, 6) is -0.518. The fourth-order valence-electron chi connectivity index (χ4n) is 3.40. The van der Waals surface area contributed by atoms with Crippen LogP contribution in [0.2, 0.25) is 5.02 Å². The molecule has 0 N–H and O–H groups in total. The first-order valence-corrected chi connectivity index (χ1v) is 10.3. The molecule has 2 heterocycles. The van der Waals surface area contributed by atoms with Gasteiger partial charge in [0, 0.05) is 23.4 Å². The maximum atomic E-state index is 13.1. The van der Waals surface area contributed by atoms with Gasteiger partial charge in [-0.3, -0.25) is 14.5 Å². The average molecular weight is 423 g/mol. The maximum absolute atomic E-state index is 13.1. The Labute approximate surface area is 173 Å². The molecule has 2 saturated heterocycles. The number of amides is 2. The van der Waals surface area contributed by atoms with E-state index < -0.39 is 23.7 Å². The quantitative estimate of drug-likeness (QED) is 0.425. The lowest BCUT2D eigenvalue weighted by atomic mass is 9.96. The van der Waals surface area contributed by atoms with Crippen LogP contribution in [-0.2, 0) is 19.1 Å². The van der Waals surface area contributed by atoms with Crippen molar-refractivity contribution in [3.8, 4) is 0 Å². The molecule has 6 nitrogen and oxygen atoms in total. The molecule has 2 fully saturated rings. The van der Waals surface area contributed by atoms with Crippen LogP contribution in [0.25, 0.3) is 0 Å². The van der Waals surface area contributed by atoms with E-state index in [0.717, 1.165) is 0 Å². The Bertz CT molecular complexity index is 834. The molecule has 8 heteroatoms. The van der Waals surface area contributed by atoms with Gasteiger partial charge in [0.25, 0.3) is 5.91 Å². The van der Waals surface area contributed by atoms with Crippen LogP contribution >= 0.6 is 23.4 Å². The van der Waals surface area contributed by atoms with Crippen LogP contribution in [0, 0.1) is 0 Å². The molecule has 0 aliphatic carbocycles. The lowest BCUT2D eigenvalue weighted by Crippen LogP contribution is -2.75. The lowest BCUT2D eigenvalue weighted by Gasteiger charge is -2.55. The number of benzene rings is 1. The van der Waals surface area contributed by atoms with Gasteiger partial charge in [-0.2, -0.15) is 0 Å². The molecule has 150 valence electrons. The van der Waals surface area contributed by atoms with Crippen LogP contribution in [0.4, 0.5) is 5.69 Å². The highest BCUT2D eigenvalue weighted by Crippen LogP contribution is 2.43. The van der Waals surface area contributed by atoms with Crippen LogP contribution in [-0.4, -0.2) is 51.5 Å². The molecule has 2 unspecified atom stereocenters. The predicted molar refractivity (Wildman–Crippen MR) is 110 cm³/mol. The van der Waals surface area contributed by atoms with Gasteiger partial charge in [-0.15, -0.1) is 11.8 Å². The van der Waals surface area contributed by atoms with E-state index in [2.05, 4.69) is 6.58 Å². The minimum Gasteiger partial charge on any atom is -0.458 e. The molecule has 0 saturated carbocycles. The molecule has 1 aromatic carbocycles. The topological polar surface area (TPSA) is 66.9 Å². The Morgan fingerprint density at radius 3 is 2.43 bits per heavy atom. The highest BCUT2D eigenvalue weighted by atomic mass is 35.5. The molecule has 1 aromatic rings. The van der Waals surface area contributed by atoms with E-state index in [0.29, 0.717) is 22.0 Å². The Morgan fingerprint density at radius 1 is 1.29 bits per heavy atom. The number of fused-ring (bicyclic) bond motifs is 1. The minimum absolute atomic E-state index is 0.251. The zero-order chi connectivity index (χ0) is 20.8. The number of hydrogen-bond acceptors (Lipinski definition) is 5. The van der Waals surface area contributed by atoms with Crippen molar-refractivity contribution >= 4 is 46.8 Å². The van der Waals surface area contributed by atoms with E-state index >= 15 is 0 Å². The van der Waals surface area contributed by atoms with Gasteiger partial charge in [0.15, 0.2) is 6.04 Å². The summed E-state index contributed by atoms with van der Waals surface area (Å²) in [6.45, 7) is 10.7. The van der Waals surface area contributed by atoms with Gasteiger partial charge in [0.05, 0.1) is 0 Å². The largest absolute Gasteiger partial charge is 0.458 e. The highest BCUT2D eigenvalue weighted by molar-refractivity contribution is 8.00. The molecule has 2 aliphatic rings. The van der Waals surface area contributed by atoms with Crippen LogP contribution in [0.5, 0.6) is 0 Å². The normalized spacial score (nSPS) is 24.3. The molecule has 0 bridgehead atoms. The van der Waals surface area contributed by atoms with Gasteiger partial charge in [0.1, 0.15) is 17.0 Å². The first-order chi connectivity index (χ1) is 13.0. The van der Waals surface area contributed by atoms with Gasteiger partial charge in [-0.25, -0.2) is 4.79 Å². The Morgan fingerprint density at radius 2 is 1.89 bits per heavy atom. The number of esters is 1. The van der Waals surface area contributed by atoms with Crippen molar-refractivity contribution in [3.63, 3.8) is 0 Å². The summed E-state index contributed by atoms with van der Waals surface area (Å²) in [5.41, 5.74) is 0.552. The van der Waals surface area contributed by atoms with Crippen molar-refractivity contribution in [2.45, 2.75) is 50.8 Å². The standard InChI is InChI=1S/C20H23ClN2O4S/c1-11-10-28-18-16(22(12(2)24)14-8-6-13(21)7-9-14)17(25)23(18)15(11)19(26)27-20(3,4)5/h6-9,15-16,18H,1,10H2,2-5H3/t15?,16?,18-/m1/s1. The molecular formula is C20H23ClN2O4S. The summed E-state index contributed by atoms with van der Waals surface area (Å²) in [6.07, 6.45) is 0. The Hall–Kier alpha value is -1.99. The van der Waals surface area contributed by atoms with E-state index in [1.807, 2.05) is 0 Å². The van der Waals surface area contributed by atoms with E-state index in [1.165, 1.54) is 28.5 Å². The Balaban J connectivity index is 1.88. The number of halogens is 1. The van der Waals surface area contributed by atoms with Crippen molar-refractivity contribution in [2.24, 2.45) is 0 Å². The SMILES string of the molecule is C=C1CS[C@@H]2C(N(C(C)=O)c3ccc(Cl)cc3)C(=O)N2C1C(=O)OC(C)(C)C. The van der Waals surface area contributed by atoms with Crippen molar-refractivity contribution in [3.05, 3.63) is 41.4 Å². The van der Waals surface area contributed by atoms with Crippen LogP contribution in [0.1, 0.15) is 27.7 Å². The van der Waals surface area contributed by atoms with E-state index in [1.54, 1.807) is 45.0 Å². The van der Waals surface area contributed by atoms with Gasteiger partial charge >= 0.3 is 5.97 Å².